The molecule has 1 aromatic heterocycles. The van der Waals surface area contributed by atoms with Crippen LogP contribution < -0.4 is 0 Å². The van der Waals surface area contributed by atoms with Crippen LogP contribution in [0.2, 0.25) is 0 Å². The third-order valence-electron chi connectivity index (χ3n) is 11.1. The molecule has 1 heteroatoms. The van der Waals surface area contributed by atoms with Crippen LogP contribution in [0.1, 0.15) is 128 Å². The molecule has 0 spiro atoms. The molecule has 0 unspecified atom stereocenters. The zero-order valence-corrected chi connectivity index (χ0v) is 31.9. The molecule has 0 aliphatic carbocycles. The van der Waals surface area contributed by atoms with Crippen LogP contribution in [0.3, 0.4) is 0 Å². The Bertz CT molecular complexity index is 2010. The van der Waals surface area contributed by atoms with Gasteiger partial charge in [0.25, 0.3) is 0 Å². The van der Waals surface area contributed by atoms with E-state index in [1.165, 1.54) is 189 Å². The molecule has 0 aliphatic heterocycles. The quantitative estimate of drug-likeness (QED) is 0.0472. The van der Waals surface area contributed by atoms with Gasteiger partial charge in [0, 0.05) is 0 Å². The van der Waals surface area contributed by atoms with E-state index in [0.29, 0.717) is 14.5 Å². The Morgan fingerprint density at radius 3 is 1.10 bits per heavy atom. The fraction of sp³-hybridized carbons (Fsp3) is 0.417. The Labute approximate surface area is 301 Å². The van der Waals surface area contributed by atoms with Crippen molar-refractivity contribution >= 4 is 76.9 Å². The Kier molecular flexibility index (Phi) is 11.7. The number of rotatable bonds is 18. The first kappa shape index (κ1) is 34.3. The van der Waals surface area contributed by atoms with Crippen LogP contribution >= 0.6 is 0 Å². The number of hydrogen-bond acceptors (Lipinski definition) is 0. The molecule has 0 N–H and O–H groups in total. The average molecular weight is 712 g/mol. The summed E-state index contributed by atoms with van der Waals surface area (Å²) in [6, 6.07) is 34.1. The molecule has 7 rings (SSSR count). The predicted octanol–water partition coefficient (Wildman–Crippen LogP) is 15.0. The third-order valence-corrected chi connectivity index (χ3v) is 13.4. The summed E-state index contributed by atoms with van der Waals surface area (Å²) in [6.07, 6.45) is 24.5. The molecule has 1 heterocycles. The van der Waals surface area contributed by atoms with Gasteiger partial charge in [-0.2, -0.15) is 0 Å². The SMILES string of the molecule is CCCCCCCCCCc1ccc2cc3cc4c(cc3cc2c1)[se]c1cc2cc3cc(CCCCCCCCCC)ccc3cc2cc14. The van der Waals surface area contributed by atoms with Crippen LogP contribution in [-0.4, -0.2) is 14.5 Å². The van der Waals surface area contributed by atoms with Gasteiger partial charge in [0.1, 0.15) is 0 Å². The monoisotopic (exact) mass is 712 g/mol. The van der Waals surface area contributed by atoms with Crippen molar-refractivity contribution in [1.29, 1.82) is 0 Å². The molecule has 0 saturated heterocycles. The summed E-state index contributed by atoms with van der Waals surface area (Å²) in [6.45, 7) is 4.60. The Hall–Kier alpha value is -3.12. The van der Waals surface area contributed by atoms with Gasteiger partial charge in [-0.3, -0.25) is 0 Å². The Morgan fingerprint density at radius 1 is 0.327 bits per heavy atom. The summed E-state index contributed by atoms with van der Waals surface area (Å²) in [7, 11) is 0. The summed E-state index contributed by atoms with van der Waals surface area (Å²) in [5.41, 5.74) is 2.99. The number of hydrogen-bond donors (Lipinski definition) is 0. The van der Waals surface area contributed by atoms with Crippen molar-refractivity contribution in [1.82, 2.24) is 0 Å². The van der Waals surface area contributed by atoms with Crippen LogP contribution in [0.15, 0.2) is 84.9 Å². The van der Waals surface area contributed by atoms with E-state index in [2.05, 4.69) is 98.8 Å². The Morgan fingerprint density at radius 2 is 0.673 bits per heavy atom. The molecular weight excluding hydrogens is 655 g/mol. The van der Waals surface area contributed by atoms with Gasteiger partial charge in [-0.25, -0.2) is 0 Å². The molecule has 0 bridgehead atoms. The molecule has 6 aromatic carbocycles. The minimum atomic E-state index is 0.341. The second kappa shape index (κ2) is 16.7. The van der Waals surface area contributed by atoms with Gasteiger partial charge in [-0.1, -0.05) is 65.2 Å². The van der Waals surface area contributed by atoms with Gasteiger partial charge < -0.3 is 0 Å². The molecule has 0 amide bonds. The fourth-order valence-corrected chi connectivity index (χ4v) is 10.5. The van der Waals surface area contributed by atoms with Crippen molar-refractivity contribution in [3.05, 3.63) is 96.1 Å². The number of unbranched alkanes of at least 4 members (excludes halogenated alkanes) is 14. The molecule has 49 heavy (non-hydrogen) atoms. The van der Waals surface area contributed by atoms with Crippen molar-refractivity contribution in [3.63, 3.8) is 0 Å². The van der Waals surface area contributed by atoms with Crippen molar-refractivity contribution in [2.24, 2.45) is 0 Å². The standard InChI is InChI=1S/C48H56Se/c1-3-5-7-9-11-13-15-17-19-35-21-23-37-27-41-31-45-46-32-42-28-38-24-22-36(20-18-16-14-12-10-8-6-4-2)26-40(38)30-44(42)34-48(46)49-47(45)33-43(41)29-39(37)25-35/h21-34H,3-20H2,1-2H3. The fourth-order valence-electron chi connectivity index (χ4n) is 8.10. The second-order valence-electron chi connectivity index (χ2n) is 15.0. The first-order valence-corrected chi connectivity index (χ1v) is 21.6. The first-order valence-electron chi connectivity index (χ1n) is 19.9. The summed E-state index contributed by atoms with van der Waals surface area (Å²) in [4.78, 5) is 0. The van der Waals surface area contributed by atoms with E-state index in [4.69, 9.17) is 0 Å². The van der Waals surface area contributed by atoms with Crippen molar-refractivity contribution in [2.45, 2.75) is 129 Å². The predicted molar refractivity (Wildman–Crippen MR) is 221 cm³/mol. The molecule has 0 aliphatic rings. The maximum absolute atomic E-state index is 2.51. The van der Waals surface area contributed by atoms with E-state index in [-0.39, 0.29) is 0 Å². The van der Waals surface area contributed by atoms with Gasteiger partial charge in [0.05, 0.1) is 0 Å². The zero-order valence-electron chi connectivity index (χ0n) is 30.2. The number of aryl methyl sites for hydroxylation is 2. The van der Waals surface area contributed by atoms with E-state index in [0.717, 1.165) is 0 Å². The second-order valence-corrected chi connectivity index (χ2v) is 17.3. The van der Waals surface area contributed by atoms with Crippen LogP contribution in [0.4, 0.5) is 0 Å². The van der Waals surface area contributed by atoms with Crippen molar-refractivity contribution in [2.75, 3.05) is 0 Å². The number of benzene rings is 6. The van der Waals surface area contributed by atoms with Crippen molar-refractivity contribution in [3.8, 4) is 0 Å². The molecule has 254 valence electrons. The van der Waals surface area contributed by atoms with Crippen LogP contribution in [-0.2, 0) is 12.8 Å². The molecule has 0 saturated carbocycles. The molecule has 0 fully saturated rings. The van der Waals surface area contributed by atoms with E-state index in [1.54, 1.807) is 0 Å². The van der Waals surface area contributed by atoms with E-state index in [1.807, 2.05) is 0 Å². The van der Waals surface area contributed by atoms with Gasteiger partial charge in [0.15, 0.2) is 0 Å². The summed E-state index contributed by atoms with van der Waals surface area (Å²) in [5.74, 6) is 0. The minimum absolute atomic E-state index is 0.341. The van der Waals surface area contributed by atoms with Gasteiger partial charge in [-0.15, -0.1) is 0 Å². The Balaban J connectivity index is 1.07. The number of fused-ring (bicyclic) bond motifs is 7. The van der Waals surface area contributed by atoms with Crippen LogP contribution in [0.25, 0.3) is 62.4 Å². The molecule has 7 aromatic rings. The molecular formula is C48H56Se. The summed E-state index contributed by atoms with van der Waals surface area (Å²) in [5, 5.41) is 14.0. The van der Waals surface area contributed by atoms with E-state index < -0.39 is 0 Å². The average Bonchev–Trinajstić information content (AvgIpc) is 3.45. The van der Waals surface area contributed by atoms with Crippen LogP contribution in [0, 0.1) is 0 Å². The van der Waals surface area contributed by atoms with Gasteiger partial charge in [-0.05, 0) is 0 Å². The molecule has 0 nitrogen and oxygen atoms in total. The van der Waals surface area contributed by atoms with Crippen LogP contribution in [0.5, 0.6) is 0 Å². The third kappa shape index (κ3) is 8.44. The summed E-state index contributed by atoms with van der Waals surface area (Å²) < 4.78 is 3.08. The first-order chi connectivity index (χ1) is 24.2. The topological polar surface area (TPSA) is 0 Å². The van der Waals surface area contributed by atoms with Gasteiger partial charge >= 0.3 is 237 Å². The molecule has 0 radical (unpaired) electrons. The maximum atomic E-state index is 2.51. The van der Waals surface area contributed by atoms with E-state index >= 15 is 0 Å². The van der Waals surface area contributed by atoms with E-state index in [9.17, 15) is 0 Å². The van der Waals surface area contributed by atoms with Crippen molar-refractivity contribution < 1.29 is 0 Å². The summed E-state index contributed by atoms with van der Waals surface area (Å²) >= 11 is 0.341. The zero-order chi connectivity index (χ0) is 33.4. The normalized spacial score (nSPS) is 12.1. The van der Waals surface area contributed by atoms with Gasteiger partial charge in [0.2, 0.25) is 0 Å². The molecule has 0 atom stereocenters.